The normalized spacial score (nSPS) is 19.1. The first-order chi connectivity index (χ1) is 7.20. The van der Waals surface area contributed by atoms with Gasteiger partial charge in [0.1, 0.15) is 0 Å². The minimum atomic E-state index is -0.428. The Morgan fingerprint density at radius 1 is 1.67 bits per heavy atom. The fraction of sp³-hybridized carbons (Fsp3) is 0.400. The second kappa shape index (κ2) is 4.06. The molecule has 1 aliphatic heterocycles. The van der Waals surface area contributed by atoms with Gasteiger partial charge in [-0.2, -0.15) is 0 Å². The zero-order valence-corrected chi connectivity index (χ0v) is 9.04. The lowest BCUT2D eigenvalue weighted by Crippen LogP contribution is -2.37. The number of halogens is 1. The molecule has 1 atom stereocenters. The van der Waals surface area contributed by atoms with E-state index in [0.717, 1.165) is 6.42 Å². The summed E-state index contributed by atoms with van der Waals surface area (Å²) in [5.41, 5.74) is 0. The second-order valence-electron chi connectivity index (χ2n) is 3.38. The molecular weight excluding hydrogens is 216 g/mol. The van der Waals surface area contributed by atoms with Crippen LogP contribution >= 0.6 is 11.6 Å². The van der Waals surface area contributed by atoms with E-state index >= 15 is 0 Å². The standard InChI is InChI=1S/C10H11ClN2O2/c1-2-3-7-10(14)13-9-8(15-7)4-6(11)5-12-9/h4-5,7H,2-3H2,1H3,(H,12,13,14). The van der Waals surface area contributed by atoms with Gasteiger partial charge in [-0.15, -0.1) is 0 Å². The number of rotatable bonds is 2. The van der Waals surface area contributed by atoms with Crippen LogP contribution in [-0.4, -0.2) is 17.0 Å². The third kappa shape index (κ3) is 2.04. The molecule has 1 aromatic heterocycles. The Balaban J connectivity index is 2.26. The fourth-order valence-corrected chi connectivity index (χ4v) is 1.61. The van der Waals surface area contributed by atoms with Crippen LogP contribution in [0.4, 0.5) is 5.82 Å². The number of amides is 1. The van der Waals surface area contributed by atoms with E-state index in [9.17, 15) is 4.79 Å². The van der Waals surface area contributed by atoms with Gasteiger partial charge >= 0.3 is 0 Å². The van der Waals surface area contributed by atoms with Crippen molar-refractivity contribution in [1.82, 2.24) is 4.98 Å². The maximum atomic E-state index is 11.5. The molecule has 0 saturated carbocycles. The summed E-state index contributed by atoms with van der Waals surface area (Å²) in [5, 5.41) is 3.19. The summed E-state index contributed by atoms with van der Waals surface area (Å²) < 4.78 is 5.51. The van der Waals surface area contributed by atoms with Gasteiger partial charge in [-0.3, -0.25) is 4.79 Å². The molecule has 4 nitrogen and oxygen atoms in total. The van der Waals surface area contributed by atoms with E-state index in [4.69, 9.17) is 16.3 Å². The molecule has 0 saturated heterocycles. The van der Waals surface area contributed by atoms with E-state index in [1.165, 1.54) is 6.20 Å². The molecule has 0 spiro atoms. The molecule has 0 aromatic carbocycles. The van der Waals surface area contributed by atoms with E-state index in [1.807, 2.05) is 6.92 Å². The average molecular weight is 227 g/mol. The highest BCUT2D eigenvalue weighted by Crippen LogP contribution is 2.30. The first-order valence-electron chi connectivity index (χ1n) is 4.83. The number of carbonyl (C=O) groups excluding carboxylic acids is 1. The Hall–Kier alpha value is -1.29. The number of hydrogen-bond acceptors (Lipinski definition) is 3. The number of hydrogen-bond donors (Lipinski definition) is 1. The molecular formula is C10H11ClN2O2. The molecule has 0 fully saturated rings. The zero-order chi connectivity index (χ0) is 10.8. The van der Waals surface area contributed by atoms with Crippen molar-refractivity contribution in [3.8, 4) is 5.75 Å². The summed E-state index contributed by atoms with van der Waals surface area (Å²) in [6.45, 7) is 2.00. The van der Waals surface area contributed by atoms with Crippen molar-refractivity contribution in [1.29, 1.82) is 0 Å². The highest BCUT2D eigenvalue weighted by atomic mass is 35.5. The SMILES string of the molecule is CCCC1Oc2cc(Cl)cnc2NC1=O. The van der Waals surface area contributed by atoms with Gasteiger partial charge in [0.25, 0.3) is 5.91 Å². The quantitative estimate of drug-likeness (QED) is 0.842. The van der Waals surface area contributed by atoms with E-state index < -0.39 is 6.10 Å². The molecule has 0 aliphatic carbocycles. The molecule has 15 heavy (non-hydrogen) atoms. The first kappa shape index (κ1) is 10.2. The number of carbonyl (C=O) groups is 1. The van der Waals surface area contributed by atoms with E-state index in [-0.39, 0.29) is 5.91 Å². The summed E-state index contributed by atoms with van der Waals surface area (Å²) in [6, 6.07) is 1.66. The van der Waals surface area contributed by atoms with Crippen LogP contribution in [0, 0.1) is 0 Å². The van der Waals surface area contributed by atoms with Crippen molar-refractivity contribution in [3.05, 3.63) is 17.3 Å². The Kier molecular flexibility index (Phi) is 2.77. The molecule has 1 amide bonds. The average Bonchev–Trinajstić information content (AvgIpc) is 2.20. The summed E-state index contributed by atoms with van der Waals surface area (Å²) in [4.78, 5) is 15.5. The van der Waals surface area contributed by atoms with Crippen LogP contribution in [0.1, 0.15) is 19.8 Å². The van der Waals surface area contributed by atoms with Gasteiger partial charge in [0.05, 0.1) is 5.02 Å². The third-order valence-electron chi connectivity index (χ3n) is 2.17. The maximum Gasteiger partial charge on any atom is 0.266 e. The van der Waals surface area contributed by atoms with Gasteiger partial charge in [0.15, 0.2) is 17.7 Å². The Labute approximate surface area is 92.6 Å². The number of pyridine rings is 1. The van der Waals surface area contributed by atoms with Crippen LogP contribution in [-0.2, 0) is 4.79 Å². The lowest BCUT2D eigenvalue weighted by atomic mass is 10.1. The predicted molar refractivity (Wildman–Crippen MR) is 57.2 cm³/mol. The summed E-state index contributed by atoms with van der Waals surface area (Å²) in [7, 11) is 0. The lowest BCUT2D eigenvalue weighted by molar-refractivity contribution is -0.123. The van der Waals surface area contributed by atoms with E-state index in [0.29, 0.717) is 23.0 Å². The van der Waals surface area contributed by atoms with Crippen molar-refractivity contribution in [3.63, 3.8) is 0 Å². The number of ether oxygens (including phenoxy) is 1. The van der Waals surface area contributed by atoms with Gasteiger partial charge in [-0.1, -0.05) is 24.9 Å². The molecule has 2 heterocycles. The fourth-order valence-electron chi connectivity index (χ4n) is 1.46. The molecule has 1 aliphatic rings. The molecule has 80 valence electrons. The maximum absolute atomic E-state index is 11.5. The lowest BCUT2D eigenvalue weighted by Gasteiger charge is -2.24. The molecule has 1 unspecified atom stereocenters. The predicted octanol–water partition coefficient (Wildman–Crippen LogP) is 2.23. The molecule has 2 rings (SSSR count). The molecule has 1 aromatic rings. The van der Waals surface area contributed by atoms with Crippen LogP contribution in [0.5, 0.6) is 5.75 Å². The largest absolute Gasteiger partial charge is 0.477 e. The topological polar surface area (TPSA) is 51.2 Å². The van der Waals surface area contributed by atoms with Crippen LogP contribution in [0.3, 0.4) is 0 Å². The van der Waals surface area contributed by atoms with Gasteiger partial charge in [0.2, 0.25) is 0 Å². The van der Waals surface area contributed by atoms with Crippen LogP contribution in [0.15, 0.2) is 12.3 Å². The smallest absolute Gasteiger partial charge is 0.266 e. The van der Waals surface area contributed by atoms with Gasteiger partial charge < -0.3 is 10.1 Å². The number of aromatic nitrogens is 1. The van der Waals surface area contributed by atoms with Crippen molar-refractivity contribution >= 4 is 23.3 Å². The monoisotopic (exact) mass is 226 g/mol. The number of fused-ring (bicyclic) bond motifs is 1. The Morgan fingerprint density at radius 2 is 2.47 bits per heavy atom. The zero-order valence-electron chi connectivity index (χ0n) is 8.29. The Bertz CT molecular complexity index is 395. The highest BCUT2D eigenvalue weighted by Gasteiger charge is 2.27. The molecule has 5 heteroatoms. The third-order valence-corrected chi connectivity index (χ3v) is 2.38. The first-order valence-corrected chi connectivity index (χ1v) is 5.21. The summed E-state index contributed by atoms with van der Waals surface area (Å²) in [6.07, 6.45) is 2.63. The van der Waals surface area contributed by atoms with E-state index in [1.54, 1.807) is 6.07 Å². The van der Waals surface area contributed by atoms with Gasteiger partial charge in [-0.25, -0.2) is 4.98 Å². The van der Waals surface area contributed by atoms with Crippen molar-refractivity contribution < 1.29 is 9.53 Å². The number of anilines is 1. The van der Waals surface area contributed by atoms with E-state index in [2.05, 4.69) is 10.3 Å². The minimum Gasteiger partial charge on any atom is -0.477 e. The number of nitrogens with one attached hydrogen (secondary N) is 1. The number of nitrogens with zero attached hydrogens (tertiary/aromatic N) is 1. The molecule has 1 N–H and O–H groups in total. The minimum absolute atomic E-state index is 0.140. The second-order valence-corrected chi connectivity index (χ2v) is 3.82. The Morgan fingerprint density at radius 3 is 3.20 bits per heavy atom. The van der Waals surface area contributed by atoms with Crippen LogP contribution in [0.25, 0.3) is 0 Å². The molecule has 0 radical (unpaired) electrons. The van der Waals surface area contributed by atoms with Crippen molar-refractivity contribution in [2.24, 2.45) is 0 Å². The summed E-state index contributed by atoms with van der Waals surface area (Å²) >= 11 is 5.78. The summed E-state index contributed by atoms with van der Waals surface area (Å²) in [5.74, 6) is 0.844. The van der Waals surface area contributed by atoms with Crippen molar-refractivity contribution in [2.45, 2.75) is 25.9 Å². The van der Waals surface area contributed by atoms with Crippen LogP contribution < -0.4 is 10.1 Å². The molecule has 0 bridgehead atoms. The van der Waals surface area contributed by atoms with Crippen LogP contribution in [0.2, 0.25) is 5.02 Å². The highest BCUT2D eigenvalue weighted by molar-refractivity contribution is 6.30. The van der Waals surface area contributed by atoms with Gasteiger partial charge in [0, 0.05) is 12.3 Å². The van der Waals surface area contributed by atoms with Gasteiger partial charge in [-0.05, 0) is 6.42 Å². The van der Waals surface area contributed by atoms with Crippen molar-refractivity contribution in [2.75, 3.05) is 5.32 Å².